The van der Waals surface area contributed by atoms with Crippen LogP contribution in [0.2, 0.25) is 0 Å². The standard InChI is InChI=1S/C23H23N3O2S/c1-16-24-20-9-8-19(15-21(20)29-16)25-23(28)18-11-13-26(14-12-18)22(27)10-7-17-5-3-2-4-6-17/h2-10,15,18H,11-14H2,1H3,(H,25,28). The molecule has 5 nitrogen and oxygen atoms in total. The monoisotopic (exact) mass is 405 g/mol. The number of aromatic nitrogens is 1. The highest BCUT2D eigenvalue weighted by molar-refractivity contribution is 7.18. The molecule has 2 amide bonds. The molecule has 148 valence electrons. The molecule has 0 unspecified atom stereocenters. The van der Waals surface area contributed by atoms with Crippen LogP contribution in [0.3, 0.4) is 0 Å². The number of nitrogens with one attached hydrogen (secondary N) is 1. The van der Waals surface area contributed by atoms with Gasteiger partial charge < -0.3 is 10.2 Å². The van der Waals surface area contributed by atoms with Crippen LogP contribution in [-0.2, 0) is 9.59 Å². The highest BCUT2D eigenvalue weighted by Crippen LogP contribution is 2.26. The fourth-order valence-electron chi connectivity index (χ4n) is 3.56. The molecule has 0 atom stereocenters. The summed E-state index contributed by atoms with van der Waals surface area (Å²) in [6.45, 7) is 3.18. The lowest BCUT2D eigenvalue weighted by atomic mass is 9.95. The molecule has 3 aromatic rings. The average Bonchev–Trinajstić information content (AvgIpc) is 3.12. The number of hydrogen-bond acceptors (Lipinski definition) is 4. The van der Waals surface area contributed by atoms with Gasteiger partial charge in [-0.1, -0.05) is 30.3 Å². The average molecular weight is 406 g/mol. The van der Waals surface area contributed by atoms with Crippen LogP contribution < -0.4 is 5.32 Å². The zero-order valence-electron chi connectivity index (χ0n) is 16.3. The van der Waals surface area contributed by atoms with E-state index in [0.29, 0.717) is 25.9 Å². The third-order valence-electron chi connectivity index (χ3n) is 5.16. The summed E-state index contributed by atoms with van der Waals surface area (Å²) in [6.07, 6.45) is 4.80. The molecule has 1 N–H and O–H groups in total. The molecule has 0 aliphatic carbocycles. The fourth-order valence-corrected chi connectivity index (χ4v) is 4.43. The second-order valence-electron chi connectivity index (χ2n) is 7.25. The van der Waals surface area contributed by atoms with Gasteiger partial charge in [-0.3, -0.25) is 9.59 Å². The van der Waals surface area contributed by atoms with Gasteiger partial charge in [-0.2, -0.15) is 0 Å². The fraction of sp³-hybridized carbons (Fsp3) is 0.261. The molecule has 1 fully saturated rings. The summed E-state index contributed by atoms with van der Waals surface area (Å²) in [4.78, 5) is 31.3. The van der Waals surface area contributed by atoms with Crippen LogP contribution in [0.1, 0.15) is 23.4 Å². The number of thiazole rings is 1. The minimum absolute atomic E-state index is 0.00118. The van der Waals surface area contributed by atoms with Crippen molar-refractivity contribution in [3.8, 4) is 0 Å². The van der Waals surface area contributed by atoms with Gasteiger partial charge in [0.05, 0.1) is 15.2 Å². The van der Waals surface area contributed by atoms with Crippen LogP contribution in [0, 0.1) is 12.8 Å². The quantitative estimate of drug-likeness (QED) is 0.650. The van der Waals surface area contributed by atoms with Crippen molar-refractivity contribution in [2.75, 3.05) is 18.4 Å². The van der Waals surface area contributed by atoms with E-state index in [9.17, 15) is 9.59 Å². The number of piperidine rings is 1. The first-order valence-corrected chi connectivity index (χ1v) is 10.6. The van der Waals surface area contributed by atoms with Crippen molar-refractivity contribution in [3.05, 3.63) is 65.2 Å². The summed E-state index contributed by atoms with van der Waals surface area (Å²) < 4.78 is 1.07. The molecule has 4 rings (SSSR count). The van der Waals surface area contributed by atoms with Gasteiger partial charge in [-0.15, -0.1) is 11.3 Å². The number of carbonyl (C=O) groups is 2. The van der Waals surface area contributed by atoms with E-state index in [1.165, 1.54) is 0 Å². The normalized spacial score (nSPS) is 15.1. The van der Waals surface area contributed by atoms with Gasteiger partial charge in [-0.25, -0.2) is 4.98 Å². The maximum atomic E-state index is 12.7. The van der Waals surface area contributed by atoms with Gasteiger partial charge >= 0.3 is 0 Å². The van der Waals surface area contributed by atoms with Crippen molar-refractivity contribution >= 4 is 45.1 Å². The maximum absolute atomic E-state index is 12.7. The number of benzene rings is 2. The van der Waals surface area contributed by atoms with Crippen LogP contribution >= 0.6 is 11.3 Å². The van der Waals surface area contributed by atoms with Gasteiger partial charge in [-0.05, 0) is 49.6 Å². The number of anilines is 1. The SMILES string of the molecule is Cc1nc2ccc(NC(=O)C3CCN(C(=O)C=Cc4ccccc4)CC3)cc2s1. The summed E-state index contributed by atoms with van der Waals surface area (Å²) in [5, 5.41) is 4.04. The summed E-state index contributed by atoms with van der Waals surface area (Å²) in [5.74, 6) is -0.0488. The van der Waals surface area contributed by atoms with Crippen molar-refractivity contribution in [1.82, 2.24) is 9.88 Å². The lowest BCUT2D eigenvalue weighted by Crippen LogP contribution is -2.40. The van der Waals surface area contributed by atoms with E-state index in [1.54, 1.807) is 17.4 Å². The minimum Gasteiger partial charge on any atom is -0.339 e. The molecule has 6 heteroatoms. The Kier molecular flexibility index (Phi) is 5.71. The highest BCUT2D eigenvalue weighted by atomic mass is 32.1. The zero-order chi connectivity index (χ0) is 20.2. The molecule has 0 saturated carbocycles. The van der Waals surface area contributed by atoms with Crippen molar-refractivity contribution < 1.29 is 9.59 Å². The van der Waals surface area contributed by atoms with Crippen LogP contribution in [0.5, 0.6) is 0 Å². The summed E-state index contributed by atoms with van der Waals surface area (Å²) in [7, 11) is 0. The first kappa shape index (κ1) is 19.3. The number of likely N-dealkylation sites (tertiary alicyclic amines) is 1. The molecular formula is C23H23N3O2S. The Labute approximate surface area is 174 Å². The Morgan fingerprint density at radius 2 is 1.90 bits per heavy atom. The lowest BCUT2D eigenvalue weighted by Gasteiger charge is -2.30. The van der Waals surface area contributed by atoms with Crippen LogP contribution in [-0.4, -0.2) is 34.8 Å². The Bertz CT molecular complexity index is 1050. The third kappa shape index (κ3) is 4.71. The zero-order valence-corrected chi connectivity index (χ0v) is 17.1. The molecule has 1 aromatic heterocycles. The molecule has 2 heterocycles. The third-order valence-corrected chi connectivity index (χ3v) is 6.09. The molecule has 1 aliphatic rings. The Hall–Kier alpha value is -2.99. The number of nitrogens with zero attached hydrogens (tertiary/aromatic N) is 2. The number of rotatable bonds is 4. The number of fused-ring (bicyclic) bond motifs is 1. The molecular weight excluding hydrogens is 382 g/mol. The van der Waals surface area contributed by atoms with Crippen LogP contribution in [0.15, 0.2) is 54.6 Å². The van der Waals surface area contributed by atoms with Gasteiger partial charge in [0.1, 0.15) is 0 Å². The Morgan fingerprint density at radius 3 is 2.66 bits per heavy atom. The van der Waals surface area contributed by atoms with Gasteiger partial charge in [0.15, 0.2) is 0 Å². The van der Waals surface area contributed by atoms with E-state index in [1.807, 2.05) is 66.4 Å². The van der Waals surface area contributed by atoms with E-state index in [4.69, 9.17) is 0 Å². The summed E-state index contributed by atoms with van der Waals surface area (Å²) in [6, 6.07) is 15.6. The first-order chi connectivity index (χ1) is 14.1. The number of aryl methyl sites for hydroxylation is 1. The number of carbonyl (C=O) groups excluding carboxylic acids is 2. The van der Waals surface area contributed by atoms with E-state index in [0.717, 1.165) is 26.5 Å². The van der Waals surface area contributed by atoms with Gasteiger partial charge in [0.25, 0.3) is 0 Å². The van der Waals surface area contributed by atoms with Crippen molar-refractivity contribution in [2.24, 2.45) is 5.92 Å². The lowest BCUT2D eigenvalue weighted by molar-refractivity contribution is -0.130. The van der Waals surface area contributed by atoms with Crippen LogP contribution in [0.25, 0.3) is 16.3 Å². The maximum Gasteiger partial charge on any atom is 0.246 e. The molecule has 1 saturated heterocycles. The largest absolute Gasteiger partial charge is 0.339 e. The topological polar surface area (TPSA) is 62.3 Å². The second-order valence-corrected chi connectivity index (χ2v) is 8.48. The summed E-state index contributed by atoms with van der Waals surface area (Å²) in [5.41, 5.74) is 2.76. The predicted molar refractivity (Wildman–Crippen MR) is 118 cm³/mol. The first-order valence-electron chi connectivity index (χ1n) is 9.78. The smallest absolute Gasteiger partial charge is 0.246 e. The minimum atomic E-state index is -0.0731. The van der Waals surface area contributed by atoms with Crippen LogP contribution in [0.4, 0.5) is 5.69 Å². The Morgan fingerprint density at radius 1 is 1.14 bits per heavy atom. The molecule has 2 aromatic carbocycles. The molecule has 1 aliphatic heterocycles. The van der Waals surface area contributed by atoms with Crippen molar-refractivity contribution in [3.63, 3.8) is 0 Å². The number of hydrogen-bond donors (Lipinski definition) is 1. The molecule has 0 spiro atoms. The molecule has 29 heavy (non-hydrogen) atoms. The highest BCUT2D eigenvalue weighted by Gasteiger charge is 2.26. The van der Waals surface area contributed by atoms with E-state index >= 15 is 0 Å². The predicted octanol–water partition coefficient (Wildman–Crippen LogP) is 4.50. The summed E-state index contributed by atoms with van der Waals surface area (Å²) >= 11 is 1.62. The Balaban J connectivity index is 1.30. The van der Waals surface area contributed by atoms with E-state index in [-0.39, 0.29) is 17.7 Å². The van der Waals surface area contributed by atoms with Crippen molar-refractivity contribution in [2.45, 2.75) is 19.8 Å². The van der Waals surface area contributed by atoms with Gasteiger partial charge in [0, 0.05) is 30.8 Å². The van der Waals surface area contributed by atoms with Crippen molar-refractivity contribution in [1.29, 1.82) is 0 Å². The molecule has 0 radical (unpaired) electrons. The van der Waals surface area contributed by atoms with E-state index < -0.39 is 0 Å². The molecule has 0 bridgehead atoms. The second kappa shape index (κ2) is 8.57. The van der Waals surface area contributed by atoms with Gasteiger partial charge in [0.2, 0.25) is 11.8 Å². The van der Waals surface area contributed by atoms with E-state index in [2.05, 4.69) is 10.3 Å². The number of amides is 2.